The molecule has 0 aromatic rings. The average molecular weight is 159 g/mol. The Morgan fingerprint density at radius 1 is 1.14 bits per heavy atom. The summed E-state index contributed by atoms with van der Waals surface area (Å²) < 4.78 is -0.972. The molecule has 0 unspecified atom stereocenters. The summed E-state index contributed by atoms with van der Waals surface area (Å²) >= 11 is 16.4. The van der Waals surface area contributed by atoms with Crippen LogP contribution >= 0.6 is 34.8 Å². The molecule has 1 saturated carbocycles. The molecule has 7 heavy (non-hydrogen) atoms. The minimum atomic E-state index is -0.972. The molecule has 0 N–H and O–H groups in total. The summed E-state index contributed by atoms with van der Waals surface area (Å²) in [7, 11) is 0. The molecule has 0 spiro atoms. The Labute approximate surface area is 57.7 Å². The monoisotopic (exact) mass is 158 g/mol. The van der Waals surface area contributed by atoms with Crippen molar-refractivity contribution in [3.63, 3.8) is 0 Å². The second kappa shape index (κ2) is 1.68. The van der Waals surface area contributed by atoms with Crippen LogP contribution in [0.3, 0.4) is 0 Å². The van der Waals surface area contributed by atoms with Crippen LogP contribution in [0.5, 0.6) is 0 Å². The molecule has 0 radical (unpaired) electrons. The van der Waals surface area contributed by atoms with E-state index >= 15 is 0 Å². The van der Waals surface area contributed by atoms with Gasteiger partial charge in [0.1, 0.15) is 0 Å². The Kier molecular flexibility index (Phi) is 1.44. The summed E-state index contributed by atoms with van der Waals surface area (Å²) in [6.45, 7) is 0. The topological polar surface area (TPSA) is 0 Å². The van der Waals surface area contributed by atoms with Gasteiger partial charge in [0.25, 0.3) is 0 Å². The average Bonchev–Trinajstić information content (AvgIpc) is 1.99. The molecule has 0 amide bonds. The lowest BCUT2D eigenvalue weighted by Crippen LogP contribution is -2.03. The van der Waals surface area contributed by atoms with Gasteiger partial charge in [-0.1, -0.05) is 34.8 Å². The van der Waals surface area contributed by atoms with E-state index in [-0.39, 0.29) is 0 Å². The van der Waals surface area contributed by atoms with Crippen molar-refractivity contribution < 1.29 is 0 Å². The molecule has 0 aliphatic heterocycles. The third kappa shape index (κ3) is 1.67. The minimum Gasteiger partial charge on any atom is -0.0834 e. The molecule has 1 aliphatic carbocycles. The Morgan fingerprint density at radius 3 is 1.57 bits per heavy atom. The fraction of sp³-hybridized carbons (Fsp3) is 1.00. The lowest BCUT2D eigenvalue weighted by molar-refractivity contribution is 0.875. The predicted molar refractivity (Wildman–Crippen MR) is 33.0 cm³/mol. The second-order valence-electron chi connectivity index (χ2n) is 1.82. The van der Waals surface area contributed by atoms with Crippen LogP contribution in [0, 0.1) is 5.92 Å². The van der Waals surface area contributed by atoms with Gasteiger partial charge in [0.15, 0.2) is 3.79 Å². The molecule has 0 aromatic heterocycles. The first-order chi connectivity index (χ1) is 3.11. The molecule has 0 heterocycles. The van der Waals surface area contributed by atoms with E-state index in [0.29, 0.717) is 5.92 Å². The lowest BCUT2D eigenvalue weighted by Gasteiger charge is -2.05. The van der Waals surface area contributed by atoms with Crippen molar-refractivity contribution in [2.24, 2.45) is 5.92 Å². The SMILES string of the molecule is ClC(Cl)(Cl)C1CC1. The van der Waals surface area contributed by atoms with Crippen LogP contribution in [0.4, 0.5) is 0 Å². The first kappa shape index (κ1) is 6.00. The molecule has 42 valence electrons. The first-order valence-electron chi connectivity index (χ1n) is 2.17. The maximum Gasteiger partial charge on any atom is 0.193 e. The summed E-state index contributed by atoms with van der Waals surface area (Å²) in [5.41, 5.74) is 0. The predicted octanol–water partition coefficient (Wildman–Crippen LogP) is 2.77. The maximum atomic E-state index is 5.46. The highest BCUT2D eigenvalue weighted by molar-refractivity contribution is 6.67. The Bertz CT molecular complexity index is 69.5. The van der Waals surface area contributed by atoms with E-state index in [2.05, 4.69) is 0 Å². The summed E-state index contributed by atoms with van der Waals surface area (Å²) in [5, 5.41) is 0. The Balaban J connectivity index is 2.36. The van der Waals surface area contributed by atoms with E-state index in [9.17, 15) is 0 Å². The zero-order chi connectivity index (χ0) is 5.49. The molecule has 0 saturated heterocycles. The standard InChI is InChI=1S/C4H5Cl3/c5-4(6,7)3-1-2-3/h3H,1-2H2. The normalized spacial score (nSPS) is 22.7. The van der Waals surface area contributed by atoms with E-state index in [0.717, 1.165) is 12.8 Å². The number of hydrogen-bond donors (Lipinski definition) is 0. The molecule has 1 rings (SSSR count). The van der Waals surface area contributed by atoms with Gasteiger partial charge in [-0.25, -0.2) is 0 Å². The number of alkyl halides is 3. The second-order valence-corrected chi connectivity index (χ2v) is 4.18. The maximum absolute atomic E-state index is 5.46. The van der Waals surface area contributed by atoms with Crippen LogP contribution in [-0.2, 0) is 0 Å². The van der Waals surface area contributed by atoms with E-state index in [1.807, 2.05) is 0 Å². The third-order valence-electron chi connectivity index (χ3n) is 1.04. The summed E-state index contributed by atoms with van der Waals surface area (Å²) in [6.07, 6.45) is 2.16. The third-order valence-corrected chi connectivity index (χ3v) is 1.97. The van der Waals surface area contributed by atoms with E-state index in [4.69, 9.17) is 34.8 Å². The van der Waals surface area contributed by atoms with Gasteiger partial charge in [-0.15, -0.1) is 0 Å². The van der Waals surface area contributed by atoms with Crippen molar-refractivity contribution in [1.29, 1.82) is 0 Å². The molecule has 1 aliphatic rings. The molecule has 0 aromatic carbocycles. The molecule has 0 bridgehead atoms. The van der Waals surface area contributed by atoms with Crippen LogP contribution in [0.1, 0.15) is 12.8 Å². The fourth-order valence-electron chi connectivity index (χ4n) is 0.411. The summed E-state index contributed by atoms with van der Waals surface area (Å²) in [5.74, 6) is 0.345. The number of rotatable bonds is 0. The zero-order valence-corrected chi connectivity index (χ0v) is 5.89. The van der Waals surface area contributed by atoms with E-state index < -0.39 is 3.79 Å². The van der Waals surface area contributed by atoms with Gasteiger partial charge in [0.2, 0.25) is 0 Å². The van der Waals surface area contributed by atoms with E-state index in [1.165, 1.54) is 0 Å². The van der Waals surface area contributed by atoms with Crippen molar-refractivity contribution in [3.05, 3.63) is 0 Å². The van der Waals surface area contributed by atoms with Gasteiger partial charge in [-0.3, -0.25) is 0 Å². The smallest absolute Gasteiger partial charge is 0.0834 e. The van der Waals surface area contributed by atoms with Gasteiger partial charge in [0, 0.05) is 5.92 Å². The van der Waals surface area contributed by atoms with Crippen molar-refractivity contribution >= 4 is 34.8 Å². The molecule has 0 nitrogen and oxygen atoms in total. The van der Waals surface area contributed by atoms with Crippen molar-refractivity contribution in [2.75, 3.05) is 0 Å². The van der Waals surface area contributed by atoms with Gasteiger partial charge >= 0.3 is 0 Å². The number of hydrogen-bond acceptors (Lipinski definition) is 0. The van der Waals surface area contributed by atoms with Gasteiger partial charge in [-0.2, -0.15) is 0 Å². The number of halogens is 3. The Morgan fingerprint density at radius 2 is 1.57 bits per heavy atom. The molecular weight excluding hydrogens is 154 g/mol. The summed E-state index contributed by atoms with van der Waals surface area (Å²) in [6, 6.07) is 0. The van der Waals surface area contributed by atoms with Crippen molar-refractivity contribution in [2.45, 2.75) is 16.6 Å². The minimum absolute atomic E-state index is 0.345. The fourth-order valence-corrected chi connectivity index (χ4v) is 1.07. The lowest BCUT2D eigenvalue weighted by atomic mass is 10.5. The van der Waals surface area contributed by atoms with Crippen LogP contribution in [0.25, 0.3) is 0 Å². The van der Waals surface area contributed by atoms with Crippen LogP contribution in [-0.4, -0.2) is 3.79 Å². The van der Waals surface area contributed by atoms with Crippen LogP contribution < -0.4 is 0 Å². The molecule has 0 atom stereocenters. The van der Waals surface area contributed by atoms with Crippen LogP contribution in [0.2, 0.25) is 0 Å². The van der Waals surface area contributed by atoms with Gasteiger partial charge in [-0.05, 0) is 12.8 Å². The van der Waals surface area contributed by atoms with Crippen molar-refractivity contribution in [3.8, 4) is 0 Å². The molecule has 3 heteroatoms. The highest BCUT2D eigenvalue weighted by Gasteiger charge is 2.40. The van der Waals surface area contributed by atoms with Crippen molar-refractivity contribution in [1.82, 2.24) is 0 Å². The van der Waals surface area contributed by atoms with E-state index in [1.54, 1.807) is 0 Å². The van der Waals surface area contributed by atoms with Crippen LogP contribution in [0.15, 0.2) is 0 Å². The summed E-state index contributed by atoms with van der Waals surface area (Å²) in [4.78, 5) is 0. The zero-order valence-electron chi connectivity index (χ0n) is 3.63. The quantitative estimate of drug-likeness (QED) is 0.477. The Hall–Kier alpha value is 0.870. The molecule has 1 fully saturated rings. The molecular formula is C4H5Cl3. The van der Waals surface area contributed by atoms with Gasteiger partial charge in [0.05, 0.1) is 0 Å². The highest BCUT2D eigenvalue weighted by Crippen LogP contribution is 2.49. The largest absolute Gasteiger partial charge is 0.193 e. The van der Waals surface area contributed by atoms with Gasteiger partial charge < -0.3 is 0 Å². The highest BCUT2D eigenvalue weighted by atomic mass is 35.6. The first-order valence-corrected chi connectivity index (χ1v) is 3.31.